The second kappa shape index (κ2) is 8.19. The van der Waals surface area contributed by atoms with E-state index >= 15 is 0 Å². The van der Waals surface area contributed by atoms with Crippen LogP contribution < -0.4 is 5.32 Å². The van der Waals surface area contributed by atoms with Gasteiger partial charge in [0.2, 0.25) is 10.0 Å². The van der Waals surface area contributed by atoms with Gasteiger partial charge < -0.3 is 5.32 Å². The number of rotatable bonds is 5. The van der Waals surface area contributed by atoms with E-state index in [1.807, 2.05) is 19.1 Å². The Bertz CT molecular complexity index is 940. The van der Waals surface area contributed by atoms with Crippen LogP contribution in [0.2, 0.25) is 10.0 Å². The molecule has 2 aromatic rings. The molecule has 0 saturated carbocycles. The van der Waals surface area contributed by atoms with Crippen molar-refractivity contribution in [1.82, 2.24) is 9.62 Å². The monoisotopic (exact) mass is 426 g/mol. The molecule has 1 N–H and O–H groups in total. The van der Waals surface area contributed by atoms with Crippen molar-refractivity contribution in [3.05, 3.63) is 63.6 Å². The minimum atomic E-state index is -3.70. The van der Waals surface area contributed by atoms with Crippen LogP contribution >= 0.6 is 23.2 Å². The lowest BCUT2D eigenvalue weighted by Crippen LogP contribution is -2.29. The third-order valence-corrected chi connectivity index (χ3v) is 7.23. The molecule has 0 spiro atoms. The topological polar surface area (TPSA) is 66.5 Å². The van der Waals surface area contributed by atoms with Crippen LogP contribution in [-0.2, 0) is 10.0 Å². The van der Waals surface area contributed by atoms with Crippen LogP contribution in [0.5, 0.6) is 0 Å². The summed E-state index contributed by atoms with van der Waals surface area (Å²) in [6.45, 7) is 2.80. The van der Waals surface area contributed by atoms with Crippen molar-refractivity contribution in [2.75, 3.05) is 13.1 Å². The lowest BCUT2D eigenvalue weighted by molar-refractivity contribution is 0.0939. The maximum atomic E-state index is 12.8. The van der Waals surface area contributed by atoms with Gasteiger partial charge in [0.05, 0.1) is 11.1 Å². The molecule has 0 aromatic heterocycles. The van der Waals surface area contributed by atoms with Gasteiger partial charge in [0, 0.05) is 23.7 Å². The van der Waals surface area contributed by atoms with E-state index < -0.39 is 10.0 Å². The largest absolute Gasteiger partial charge is 0.346 e. The highest BCUT2D eigenvalue weighted by molar-refractivity contribution is 7.89. The number of amides is 1. The van der Waals surface area contributed by atoms with Gasteiger partial charge in [0.15, 0.2) is 0 Å². The Morgan fingerprint density at radius 3 is 2.33 bits per heavy atom. The summed E-state index contributed by atoms with van der Waals surface area (Å²) in [5, 5.41) is 3.60. The number of carbonyl (C=O) groups excluding carboxylic acids is 1. The van der Waals surface area contributed by atoms with Crippen LogP contribution in [0.1, 0.15) is 41.7 Å². The Labute approximate surface area is 169 Å². The van der Waals surface area contributed by atoms with Crippen molar-refractivity contribution in [1.29, 1.82) is 0 Å². The molecule has 0 aliphatic carbocycles. The van der Waals surface area contributed by atoms with Gasteiger partial charge in [0.25, 0.3) is 5.91 Å². The molecule has 1 atom stereocenters. The van der Waals surface area contributed by atoms with Crippen molar-refractivity contribution in [3.8, 4) is 0 Å². The fourth-order valence-corrected chi connectivity index (χ4v) is 5.17. The Morgan fingerprint density at radius 2 is 1.70 bits per heavy atom. The van der Waals surface area contributed by atoms with Crippen LogP contribution in [0.4, 0.5) is 0 Å². The van der Waals surface area contributed by atoms with E-state index in [0.717, 1.165) is 18.4 Å². The average molecular weight is 427 g/mol. The van der Waals surface area contributed by atoms with Crippen molar-refractivity contribution in [3.63, 3.8) is 0 Å². The maximum Gasteiger partial charge on any atom is 0.251 e. The number of nitrogens with one attached hydrogen (secondary N) is 1. The molecular weight excluding hydrogens is 407 g/mol. The fraction of sp³-hybridized carbons (Fsp3) is 0.316. The molecule has 27 heavy (non-hydrogen) atoms. The van der Waals surface area contributed by atoms with Gasteiger partial charge in [-0.05, 0) is 55.7 Å². The first kappa shape index (κ1) is 20.1. The SMILES string of the molecule is CC(NC(=O)c1ccc(Cl)c(S(=O)(=O)N2CCCC2)c1)c1ccc(Cl)cc1. The normalized spacial score (nSPS) is 16.3. The minimum absolute atomic E-state index is 0.0298. The molecule has 0 bridgehead atoms. The fourth-order valence-electron chi connectivity index (χ4n) is 3.02. The minimum Gasteiger partial charge on any atom is -0.346 e. The quantitative estimate of drug-likeness (QED) is 0.775. The number of nitrogens with zero attached hydrogens (tertiary/aromatic N) is 1. The van der Waals surface area contributed by atoms with Crippen molar-refractivity contribution in [2.24, 2.45) is 0 Å². The number of hydrogen-bond acceptors (Lipinski definition) is 3. The number of hydrogen-bond donors (Lipinski definition) is 1. The third-order valence-electron chi connectivity index (χ3n) is 4.59. The number of carbonyl (C=O) groups is 1. The predicted octanol–water partition coefficient (Wildman–Crippen LogP) is 4.27. The lowest BCUT2D eigenvalue weighted by atomic mass is 10.1. The number of benzene rings is 2. The van der Waals surface area contributed by atoms with Crippen molar-refractivity contribution >= 4 is 39.1 Å². The summed E-state index contributed by atoms with van der Waals surface area (Å²) in [6.07, 6.45) is 1.66. The molecule has 8 heteroatoms. The van der Waals surface area contributed by atoms with Crippen LogP contribution in [-0.4, -0.2) is 31.7 Å². The molecule has 1 unspecified atom stereocenters. The van der Waals surface area contributed by atoms with Gasteiger partial charge >= 0.3 is 0 Å². The summed E-state index contributed by atoms with van der Waals surface area (Å²) < 4.78 is 27.0. The number of halogens is 2. The third kappa shape index (κ3) is 4.46. The maximum absolute atomic E-state index is 12.8. The molecule has 2 aromatic carbocycles. The van der Waals surface area contributed by atoms with Crippen LogP contribution in [0, 0.1) is 0 Å². The van der Waals surface area contributed by atoms with Gasteiger partial charge in [-0.3, -0.25) is 4.79 Å². The Hall–Kier alpha value is -1.60. The molecule has 0 radical (unpaired) electrons. The zero-order chi connectivity index (χ0) is 19.6. The smallest absolute Gasteiger partial charge is 0.251 e. The predicted molar refractivity (Wildman–Crippen MR) is 107 cm³/mol. The summed E-state index contributed by atoms with van der Waals surface area (Å²) in [7, 11) is -3.70. The van der Waals surface area contributed by atoms with E-state index in [2.05, 4.69) is 5.32 Å². The van der Waals surface area contributed by atoms with Crippen LogP contribution in [0.25, 0.3) is 0 Å². The highest BCUT2D eigenvalue weighted by Crippen LogP contribution is 2.28. The summed E-state index contributed by atoms with van der Waals surface area (Å²) in [5.41, 5.74) is 1.14. The first-order valence-electron chi connectivity index (χ1n) is 8.65. The van der Waals surface area contributed by atoms with Crippen LogP contribution in [0.3, 0.4) is 0 Å². The first-order valence-corrected chi connectivity index (χ1v) is 10.8. The summed E-state index contributed by atoms with van der Waals surface area (Å²) >= 11 is 12.0. The first-order chi connectivity index (χ1) is 12.8. The zero-order valence-electron chi connectivity index (χ0n) is 14.8. The Morgan fingerprint density at radius 1 is 1.07 bits per heavy atom. The van der Waals surface area contributed by atoms with Crippen molar-refractivity contribution in [2.45, 2.75) is 30.7 Å². The molecule has 1 aliphatic heterocycles. The molecule has 3 rings (SSSR count). The standard InChI is InChI=1S/C19H20Cl2N2O3S/c1-13(14-4-7-16(20)8-5-14)22-19(24)15-6-9-17(21)18(12-15)27(25,26)23-10-2-3-11-23/h4-9,12-13H,2-3,10-11H2,1H3,(H,22,24). The molecule has 1 heterocycles. The highest BCUT2D eigenvalue weighted by Gasteiger charge is 2.29. The van der Waals surface area contributed by atoms with E-state index in [0.29, 0.717) is 18.1 Å². The Kier molecular flexibility index (Phi) is 6.11. The molecule has 1 saturated heterocycles. The molecule has 1 amide bonds. The molecular formula is C19H20Cl2N2O3S. The Balaban J connectivity index is 1.82. The zero-order valence-corrected chi connectivity index (χ0v) is 17.1. The summed E-state index contributed by atoms with van der Waals surface area (Å²) in [4.78, 5) is 12.6. The second-order valence-electron chi connectivity index (χ2n) is 6.50. The number of sulfonamides is 1. The second-order valence-corrected chi connectivity index (χ2v) is 9.25. The van der Waals surface area contributed by atoms with Crippen LogP contribution in [0.15, 0.2) is 47.4 Å². The summed E-state index contributed by atoms with van der Waals surface area (Å²) in [6, 6.07) is 11.2. The van der Waals surface area contributed by atoms with E-state index in [1.165, 1.54) is 22.5 Å². The molecule has 1 aliphatic rings. The lowest BCUT2D eigenvalue weighted by Gasteiger charge is -2.18. The molecule has 1 fully saturated rings. The van der Waals surface area contributed by atoms with Crippen molar-refractivity contribution < 1.29 is 13.2 Å². The summed E-state index contributed by atoms with van der Waals surface area (Å²) in [5.74, 6) is -0.369. The van der Waals surface area contributed by atoms with E-state index in [-0.39, 0.29) is 27.4 Å². The van der Waals surface area contributed by atoms with E-state index in [1.54, 1.807) is 12.1 Å². The molecule has 144 valence electrons. The van der Waals surface area contributed by atoms with Gasteiger partial charge in [-0.1, -0.05) is 35.3 Å². The van der Waals surface area contributed by atoms with E-state index in [9.17, 15) is 13.2 Å². The van der Waals surface area contributed by atoms with Gasteiger partial charge in [-0.25, -0.2) is 8.42 Å². The van der Waals surface area contributed by atoms with Gasteiger partial charge in [-0.15, -0.1) is 0 Å². The van der Waals surface area contributed by atoms with Gasteiger partial charge in [0.1, 0.15) is 4.90 Å². The van der Waals surface area contributed by atoms with E-state index in [4.69, 9.17) is 23.2 Å². The molecule has 5 nitrogen and oxygen atoms in total. The van der Waals surface area contributed by atoms with Gasteiger partial charge in [-0.2, -0.15) is 4.31 Å². The highest BCUT2D eigenvalue weighted by atomic mass is 35.5. The average Bonchev–Trinajstić information content (AvgIpc) is 3.18.